The van der Waals surface area contributed by atoms with Crippen molar-refractivity contribution < 1.29 is 43.4 Å². The highest BCUT2D eigenvalue weighted by Gasteiger charge is 2.42. The van der Waals surface area contributed by atoms with E-state index in [1.807, 2.05) is 30.3 Å². The van der Waals surface area contributed by atoms with Gasteiger partial charge in [0, 0.05) is 24.3 Å². The molecule has 0 aliphatic heterocycles. The zero-order valence-electron chi connectivity index (χ0n) is 28.8. The van der Waals surface area contributed by atoms with Crippen LogP contribution in [-0.4, -0.2) is 50.9 Å². The fraction of sp³-hybridized carbons (Fsp3) is 0.486. The van der Waals surface area contributed by atoms with E-state index in [1.54, 1.807) is 0 Å². The van der Waals surface area contributed by atoms with Crippen molar-refractivity contribution in [3.05, 3.63) is 54.6 Å². The predicted molar refractivity (Wildman–Crippen MR) is 184 cm³/mol. The number of hydrogen-bond acceptors (Lipinski definition) is 8. The van der Waals surface area contributed by atoms with Gasteiger partial charge in [-0.2, -0.15) is 0 Å². The molecule has 0 aromatic heterocycles. The van der Waals surface area contributed by atoms with Gasteiger partial charge in [-0.3, -0.25) is 0 Å². The Morgan fingerprint density at radius 3 is 1.11 bits per heavy atom. The highest BCUT2D eigenvalue weighted by Crippen LogP contribution is 2.51. The van der Waals surface area contributed by atoms with Crippen LogP contribution in [-0.2, 0) is 10.9 Å². The van der Waals surface area contributed by atoms with Crippen LogP contribution in [0.1, 0.15) is 80.1 Å². The highest BCUT2D eigenvalue weighted by atomic mass is 32.2. The number of carboxylic acid groups (broad SMARTS) is 2. The molecule has 1 N–H and O–H groups in total. The van der Waals surface area contributed by atoms with Gasteiger partial charge in [0.2, 0.25) is 6.16 Å². The number of ether oxygens (including phenoxy) is 6. The van der Waals surface area contributed by atoms with Crippen molar-refractivity contribution in [1.82, 2.24) is 0 Å². The average Bonchev–Trinajstić information content (AvgIpc) is 3.07. The number of carbonyl (C=O) groups is 1. The first-order chi connectivity index (χ1) is 22.8. The molecule has 0 spiro atoms. The van der Waals surface area contributed by atoms with E-state index in [9.17, 15) is 0 Å². The van der Waals surface area contributed by atoms with Crippen LogP contribution in [0.4, 0.5) is 4.79 Å². The molecule has 10 heteroatoms. The van der Waals surface area contributed by atoms with E-state index < -0.39 is 17.1 Å². The number of rotatable bonds is 21. The molecule has 47 heavy (non-hydrogen) atoms. The summed E-state index contributed by atoms with van der Waals surface area (Å²) in [4.78, 5) is 11.5. The summed E-state index contributed by atoms with van der Waals surface area (Å²) < 4.78 is 38.3. The quantitative estimate of drug-likeness (QED) is 0.111. The van der Waals surface area contributed by atoms with E-state index in [-0.39, 0.29) is 0 Å². The smallest absolute Gasteiger partial charge is 0.250 e. The van der Waals surface area contributed by atoms with Crippen molar-refractivity contribution in [3.8, 4) is 34.5 Å². The minimum absolute atomic E-state index is 0.575. The van der Waals surface area contributed by atoms with Crippen LogP contribution in [0.2, 0.25) is 0 Å². The van der Waals surface area contributed by atoms with Gasteiger partial charge in [0.1, 0.15) is 22.4 Å². The van der Waals surface area contributed by atoms with Crippen molar-refractivity contribution in [2.75, 3.05) is 39.6 Å². The summed E-state index contributed by atoms with van der Waals surface area (Å²) in [5.41, 5.74) is 0. The molecule has 0 unspecified atom stereocenters. The molecule has 0 heterocycles. The van der Waals surface area contributed by atoms with Crippen molar-refractivity contribution in [3.63, 3.8) is 0 Å². The van der Waals surface area contributed by atoms with Gasteiger partial charge in [-0.1, -0.05) is 59.7 Å². The maximum atomic E-state index is 8.44. The number of benzene rings is 3. The van der Waals surface area contributed by atoms with Crippen LogP contribution in [0.25, 0.3) is 0 Å². The van der Waals surface area contributed by atoms with Gasteiger partial charge < -0.3 is 43.4 Å². The van der Waals surface area contributed by atoms with Gasteiger partial charge in [-0.05, 0) is 50.7 Å². The standard InChI is InChI=1S/C36H51O6S.CH2O3/c1-7-18-37-28-24-31(39-20-9-3)35(32(25-28)40-21-10-4)43(30-16-14-13-15-17-30)36-33(41-22-11-5)26-29(38-19-8-2)27-34(36)42-23-12-6;2-1(3)4/h13-17,24-27H,7-12,18-23H2,1-6H3;(H2,2,3,4)/q+1;/p-1. The van der Waals surface area contributed by atoms with Crippen molar-refractivity contribution in [2.45, 2.75) is 94.8 Å². The lowest BCUT2D eigenvalue weighted by molar-refractivity contribution is -0.275. The van der Waals surface area contributed by atoms with Gasteiger partial charge in [0.05, 0.1) is 39.6 Å². The summed E-state index contributed by atoms with van der Waals surface area (Å²) in [5, 5.41) is 15.3. The van der Waals surface area contributed by atoms with E-state index in [4.69, 9.17) is 43.4 Å². The van der Waals surface area contributed by atoms with Crippen molar-refractivity contribution >= 4 is 17.1 Å². The van der Waals surface area contributed by atoms with Crippen LogP contribution in [0.3, 0.4) is 0 Å². The molecule has 0 amide bonds. The molecular formula is C37H52O9S. The van der Waals surface area contributed by atoms with E-state index in [0.717, 1.165) is 87.7 Å². The highest BCUT2D eigenvalue weighted by molar-refractivity contribution is 7.97. The summed E-state index contributed by atoms with van der Waals surface area (Å²) in [5.74, 6) is 4.50. The van der Waals surface area contributed by atoms with Crippen LogP contribution in [0.5, 0.6) is 34.5 Å². The molecule has 0 aliphatic rings. The van der Waals surface area contributed by atoms with Crippen LogP contribution < -0.4 is 33.5 Å². The third kappa shape index (κ3) is 13.0. The van der Waals surface area contributed by atoms with Crippen molar-refractivity contribution in [1.29, 1.82) is 0 Å². The van der Waals surface area contributed by atoms with E-state index in [2.05, 4.69) is 65.8 Å². The zero-order valence-corrected chi connectivity index (χ0v) is 29.6. The Hall–Kier alpha value is -3.92. The van der Waals surface area contributed by atoms with Gasteiger partial charge >= 0.3 is 0 Å². The van der Waals surface area contributed by atoms with Crippen LogP contribution in [0, 0.1) is 0 Å². The second-order valence-corrected chi connectivity index (χ2v) is 12.4. The fourth-order valence-corrected chi connectivity index (χ4v) is 6.67. The van der Waals surface area contributed by atoms with Crippen LogP contribution in [0.15, 0.2) is 69.3 Å². The number of hydrogen-bond donors (Lipinski definition) is 1. The summed E-state index contributed by atoms with van der Waals surface area (Å²) in [6.45, 7) is 16.2. The largest absolute Gasteiger partial charge is 0.565 e. The molecule has 0 aliphatic carbocycles. The lowest BCUT2D eigenvalue weighted by Gasteiger charge is -2.21. The summed E-state index contributed by atoms with van der Waals surface area (Å²) in [6.07, 6.45) is 3.25. The zero-order chi connectivity index (χ0) is 34.4. The summed E-state index contributed by atoms with van der Waals surface area (Å²) >= 11 is 0. The van der Waals surface area contributed by atoms with Gasteiger partial charge in [0.25, 0.3) is 9.79 Å². The topological polar surface area (TPSA) is 116 Å². The Balaban J connectivity index is 0.00000181. The first-order valence-corrected chi connectivity index (χ1v) is 17.9. The van der Waals surface area contributed by atoms with Crippen molar-refractivity contribution in [2.24, 2.45) is 0 Å². The summed E-state index contributed by atoms with van der Waals surface area (Å²) in [6, 6.07) is 18.6. The van der Waals surface area contributed by atoms with Gasteiger partial charge in [-0.25, -0.2) is 0 Å². The van der Waals surface area contributed by atoms with Gasteiger partial charge in [-0.15, -0.1) is 0 Å². The van der Waals surface area contributed by atoms with E-state index >= 15 is 0 Å². The molecule has 0 saturated heterocycles. The molecule has 260 valence electrons. The average molecular weight is 673 g/mol. The molecule has 3 aromatic carbocycles. The van der Waals surface area contributed by atoms with Gasteiger partial charge in [0.15, 0.2) is 27.9 Å². The second-order valence-electron chi connectivity index (χ2n) is 10.5. The molecule has 0 bridgehead atoms. The molecule has 3 rings (SSSR count). The molecule has 9 nitrogen and oxygen atoms in total. The molecule has 0 radical (unpaired) electrons. The minimum Gasteiger partial charge on any atom is -0.565 e. The third-order valence-corrected chi connectivity index (χ3v) is 8.53. The monoisotopic (exact) mass is 672 g/mol. The third-order valence-electron chi connectivity index (χ3n) is 6.17. The van der Waals surface area contributed by atoms with E-state index in [1.165, 1.54) is 0 Å². The lowest BCUT2D eigenvalue weighted by Crippen LogP contribution is -2.17. The second kappa shape index (κ2) is 22.6. The Morgan fingerprint density at radius 1 is 0.553 bits per heavy atom. The molecule has 3 aromatic rings. The summed E-state index contributed by atoms with van der Waals surface area (Å²) in [7, 11) is -0.714. The SMILES string of the molecule is CCCOc1cc(OCCC)c([S+](c2ccccc2)c2c(OCCC)cc(OCCC)cc2OCCC)c(OCCC)c1.O=C([O-])O. The Bertz CT molecular complexity index is 1180. The van der Waals surface area contributed by atoms with Crippen LogP contribution >= 0.6 is 0 Å². The van der Waals surface area contributed by atoms with E-state index in [0.29, 0.717) is 39.6 Å². The maximum absolute atomic E-state index is 8.44. The molecule has 0 atom stereocenters. The predicted octanol–water partition coefficient (Wildman–Crippen LogP) is 8.40. The first kappa shape index (κ1) is 39.3. The molecule has 0 saturated carbocycles. The Labute approximate surface area is 283 Å². The Morgan fingerprint density at radius 2 is 0.830 bits per heavy atom. The molecular weight excluding hydrogens is 620 g/mol. The fourth-order valence-electron chi connectivity index (χ4n) is 4.29. The minimum atomic E-state index is -2.08. The lowest BCUT2D eigenvalue weighted by atomic mass is 10.3. The Kier molecular flexibility index (Phi) is 18.9. The first-order valence-electron chi connectivity index (χ1n) is 16.7. The molecule has 0 fully saturated rings. The maximum Gasteiger partial charge on any atom is 0.250 e. The normalized spacial score (nSPS) is 10.5.